The van der Waals surface area contributed by atoms with Gasteiger partial charge in [0, 0.05) is 11.8 Å². The lowest BCUT2D eigenvalue weighted by Gasteiger charge is -2.14. The van der Waals surface area contributed by atoms with Crippen molar-refractivity contribution >= 4 is 11.6 Å². The molecule has 0 radical (unpaired) electrons. The van der Waals surface area contributed by atoms with Crippen LogP contribution in [-0.4, -0.2) is 26.7 Å². The van der Waals surface area contributed by atoms with Gasteiger partial charge < -0.3 is 19.5 Å². The van der Waals surface area contributed by atoms with Gasteiger partial charge in [-0.05, 0) is 29.7 Å². The van der Waals surface area contributed by atoms with Crippen LogP contribution in [0.3, 0.4) is 0 Å². The lowest BCUT2D eigenvalue weighted by Crippen LogP contribution is -2.20. The Kier molecular flexibility index (Phi) is 6.07. The minimum Gasteiger partial charge on any atom is -0.493 e. The summed E-state index contributed by atoms with van der Waals surface area (Å²) >= 11 is 0. The van der Waals surface area contributed by atoms with E-state index in [2.05, 4.69) is 19.2 Å². The van der Waals surface area contributed by atoms with E-state index < -0.39 is 0 Å². The highest BCUT2D eigenvalue weighted by molar-refractivity contribution is 5.92. The molecule has 0 saturated carbocycles. The molecule has 0 atom stereocenters. The number of carbonyl (C=O) groups excluding carboxylic acids is 1. The molecule has 1 amide bonds. The van der Waals surface area contributed by atoms with Gasteiger partial charge in [-0.25, -0.2) is 0 Å². The number of methoxy groups -OCH3 is 2. The second kappa shape index (κ2) is 8.24. The fourth-order valence-corrected chi connectivity index (χ4v) is 2.34. The van der Waals surface area contributed by atoms with Gasteiger partial charge in [-0.1, -0.05) is 32.0 Å². The third-order valence-corrected chi connectivity index (χ3v) is 3.57. The second-order valence-electron chi connectivity index (χ2n) is 5.60. The van der Waals surface area contributed by atoms with Crippen LogP contribution in [0.15, 0.2) is 42.5 Å². The summed E-state index contributed by atoms with van der Waals surface area (Å²) in [6, 6.07) is 12.9. The lowest BCUT2D eigenvalue weighted by atomic mass is 10.0. The van der Waals surface area contributed by atoms with Gasteiger partial charge in [0.05, 0.1) is 14.2 Å². The van der Waals surface area contributed by atoms with Gasteiger partial charge in [0.1, 0.15) is 5.75 Å². The SMILES string of the molecule is COc1ccc(NC(=O)COc2ccccc2C(C)C)cc1OC. The Morgan fingerprint density at radius 2 is 1.71 bits per heavy atom. The van der Waals surface area contributed by atoms with E-state index in [1.807, 2.05) is 24.3 Å². The van der Waals surface area contributed by atoms with Gasteiger partial charge in [-0.3, -0.25) is 4.79 Å². The highest BCUT2D eigenvalue weighted by atomic mass is 16.5. The van der Waals surface area contributed by atoms with Gasteiger partial charge >= 0.3 is 0 Å². The molecule has 0 spiro atoms. The largest absolute Gasteiger partial charge is 0.493 e. The van der Waals surface area contributed by atoms with Crippen molar-refractivity contribution in [1.82, 2.24) is 0 Å². The van der Waals surface area contributed by atoms with Crippen molar-refractivity contribution in [3.8, 4) is 17.2 Å². The molecule has 5 heteroatoms. The molecule has 2 rings (SSSR count). The van der Waals surface area contributed by atoms with Gasteiger partial charge in [0.25, 0.3) is 5.91 Å². The highest BCUT2D eigenvalue weighted by Crippen LogP contribution is 2.30. The van der Waals surface area contributed by atoms with Crippen molar-refractivity contribution < 1.29 is 19.0 Å². The fraction of sp³-hybridized carbons (Fsp3) is 0.316. The van der Waals surface area contributed by atoms with Gasteiger partial charge in [0.15, 0.2) is 18.1 Å². The number of benzene rings is 2. The first-order valence-corrected chi connectivity index (χ1v) is 7.78. The number of anilines is 1. The minimum atomic E-state index is -0.235. The van der Waals surface area contributed by atoms with E-state index in [1.165, 1.54) is 0 Å². The minimum absolute atomic E-state index is 0.0575. The van der Waals surface area contributed by atoms with Crippen molar-refractivity contribution in [1.29, 1.82) is 0 Å². The first-order valence-electron chi connectivity index (χ1n) is 7.78. The Morgan fingerprint density at radius 3 is 2.38 bits per heavy atom. The zero-order valence-electron chi connectivity index (χ0n) is 14.5. The molecule has 24 heavy (non-hydrogen) atoms. The lowest BCUT2D eigenvalue weighted by molar-refractivity contribution is -0.118. The molecular formula is C19H23NO4. The molecule has 0 aliphatic carbocycles. The van der Waals surface area contributed by atoms with Crippen molar-refractivity contribution in [2.45, 2.75) is 19.8 Å². The third-order valence-electron chi connectivity index (χ3n) is 3.57. The van der Waals surface area contributed by atoms with Crippen LogP contribution in [0.1, 0.15) is 25.3 Å². The molecule has 0 bridgehead atoms. The molecule has 1 N–H and O–H groups in total. The van der Waals surface area contributed by atoms with Crippen molar-refractivity contribution in [3.05, 3.63) is 48.0 Å². The second-order valence-corrected chi connectivity index (χ2v) is 5.60. The molecule has 0 unspecified atom stereocenters. The number of carbonyl (C=O) groups is 1. The predicted molar refractivity (Wildman–Crippen MR) is 94.2 cm³/mol. The highest BCUT2D eigenvalue weighted by Gasteiger charge is 2.11. The summed E-state index contributed by atoms with van der Waals surface area (Å²) in [5.41, 5.74) is 1.70. The normalized spacial score (nSPS) is 10.4. The van der Waals surface area contributed by atoms with Crippen LogP contribution < -0.4 is 19.5 Å². The maximum Gasteiger partial charge on any atom is 0.262 e. The Hall–Kier alpha value is -2.69. The van der Waals surface area contributed by atoms with E-state index in [-0.39, 0.29) is 12.5 Å². The molecule has 0 aliphatic heterocycles. The smallest absolute Gasteiger partial charge is 0.262 e. The number of hydrogen-bond donors (Lipinski definition) is 1. The summed E-state index contributed by atoms with van der Waals surface area (Å²) < 4.78 is 16.1. The average Bonchev–Trinajstić information content (AvgIpc) is 2.60. The summed E-state index contributed by atoms with van der Waals surface area (Å²) in [7, 11) is 3.12. The van der Waals surface area contributed by atoms with Gasteiger partial charge in [-0.15, -0.1) is 0 Å². The van der Waals surface area contributed by atoms with E-state index in [1.54, 1.807) is 32.4 Å². The summed E-state index contributed by atoms with van der Waals surface area (Å²) in [4.78, 5) is 12.1. The summed E-state index contributed by atoms with van der Waals surface area (Å²) in [5.74, 6) is 1.99. The van der Waals surface area contributed by atoms with Crippen LogP contribution in [0.4, 0.5) is 5.69 Å². The summed E-state index contributed by atoms with van der Waals surface area (Å²) in [5, 5.41) is 2.79. The zero-order chi connectivity index (χ0) is 17.5. The Bertz CT molecular complexity index is 698. The first-order chi connectivity index (χ1) is 11.5. The molecule has 2 aromatic carbocycles. The maximum atomic E-state index is 12.1. The first kappa shape index (κ1) is 17.7. The van der Waals surface area contributed by atoms with Gasteiger partial charge in [0.2, 0.25) is 0 Å². The van der Waals surface area contributed by atoms with Crippen LogP contribution in [0.2, 0.25) is 0 Å². The molecule has 0 aliphatic rings. The number of amides is 1. The van der Waals surface area contributed by atoms with E-state index >= 15 is 0 Å². The van der Waals surface area contributed by atoms with Crippen LogP contribution >= 0.6 is 0 Å². The fourth-order valence-electron chi connectivity index (χ4n) is 2.34. The third kappa shape index (κ3) is 4.41. The topological polar surface area (TPSA) is 56.8 Å². The number of para-hydroxylation sites is 1. The van der Waals surface area contributed by atoms with Crippen molar-refractivity contribution in [3.63, 3.8) is 0 Å². The van der Waals surface area contributed by atoms with E-state index in [0.29, 0.717) is 23.1 Å². The molecule has 0 fully saturated rings. The van der Waals surface area contributed by atoms with Crippen LogP contribution in [0.25, 0.3) is 0 Å². The number of rotatable bonds is 7. The maximum absolute atomic E-state index is 12.1. The summed E-state index contributed by atoms with van der Waals surface area (Å²) in [6.45, 7) is 4.12. The number of hydrogen-bond acceptors (Lipinski definition) is 4. The molecule has 0 heterocycles. The van der Waals surface area contributed by atoms with E-state index in [9.17, 15) is 4.79 Å². The van der Waals surface area contributed by atoms with Crippen LogP contribution in [-0.2, 0) is 4.79 Å². The standard InChI is InChI=1S/C19H23NO4/c1-13(2)15-7-5-6-8-16(15)24-12-19(21)20-14-9-10-17(22-3)18(11-14)23-4/h5-11,13H,12H2,1-4H3,(H,20,21). The van der Waals surface area contributed by atoms with Crippen molar-refractivity contribution in [2.24, 2.45) is 0 Å². The Balaban J connectivity index is 1.99. The zero-order valence-corrected chi connectivity index (χ0v) is 14.5. The molecule has 2 aromatic rings. The van der Waals surface area contributed by atoms with E-state index in [4.69, 9.17) is 14.2 Å². The van der Waals surface area contributed by atoms with Crippen LogP contribution in [0.5, 0.6) is 17.2 Å². The molecular weight excluding hydrogens is 306 g/mol. The molecule has 0 aromatic heterocycles. The summed E-state index contributed by atoms with van der Waals surface area (Å²) in [6.07, 6.45) is 0. The van der Waals surface area contributed by atoms with Gasteiger partial charge in [-0.2, -0.15) is 0 Å². The van der Waals surface area contributed by atoms with Crippen molar-refractivity contribution in [2.75, 3.05) is 26.1 Å². The Morgan fingerprint density at radius 1 is 1.00 bits per heavy atom. The van der Waals surface area contributed by atoms with E-state index in [0.717, 1.165) is 11.3 Å². The molecule has 0 saturated heterocycles. The quantitative estimate of drug-likeness (QED) is 0.838. The number of nitrogens with one attached hydrogen (secondary N) is 1. The molecule has 128 valence electrons. The Labute approximate surface area is 142 Å². The molecule has 5 nitrogen and oxygen atoms in total. The number of ether oxygens (including phenoxy) is 3. The monoisotopic (exact) mass is 329 g/mol. The average molecular weight is 329 g/mol. The predicted octanol–water partition coefficient (Wildman–Crippen LogP) is 3.84. The van der Waals surface area contributed by atoms with Crippen LogP contribution in [0, 0.1) is 0 Å².